The minimum atomic E-state index is -4.46. The van der Waals surface area contributed by atoms with Crippen molar-refractivity contribution in [2.45, 2.75) is 32.9 Å². The third-order valence-electron chi connectivity index (χ3n) is 3.21. The maximum absolute atomic E-state index is 12.7. The fourth-order valence-electron chi connectivity index (χ4n) is 1.96. The number of anilines is 1. The van der Waals surface area contributed by atoms with Crippen LogP contribution in [-0.2, 0) is 6.18 Å². The molecule has 1 aromatic heterocycles. The fraction of sp³-hybridized carbons (Fsp3) is 0.312. The highest BCUT2D eigenvalue weighted by Gasteiger charge is 2.30. The zero-order valence-corrected chi connectivity index (χ0v) is 12.9. The van der Waals surface area contributed by atoms with E-state index in [1.165, 1.54) is 18.3 Å². The Kier molecular flexibility index (Phi) is 4.68. The van der Waals surface area contributed by atoms with Crippen LogP contribution in [0, 0.1) is 6.92 Å². The molecule has 1 amide bonds. The van der Waals surface area contributed by atoms with Crippen LogP contribution in [-0.4, -0.2) is 15.9 Å². The van der Waals surface area contributed by atoms with E-state index < -0.39 is 17.6 Å². The summed E-state index contributed by atoms with van der Waals surface area (Å²) in [6.07, 6.45) is -3.07. The van der Waals surface area contributed by atoms with Gasteiger partial charge in [-0.1, -0.05) is 19.9 Å². The van der Waals surface area contributed by atoms with Crippen LogP contribution >= 0.6 is 0 Å². The Bertz CT molecular complexity index is 727. The van der Waals surface area contributed by atoms with Crippen molar-refractivity contribution < 1.29 is 18.0 Å². The molecule has 0 fully saturated rings. The molecule has 0 radical (unpaired) electrons. The number of aryl methyl sites for hydroxylation is 1. The van der Waals surface area contributed by atoms with Gasteiger partial charge in [0.05, 0.1) is 16.8 Å². The molecule has 0 bridgehead atoms. The summed E-state index contributed by atoms with van der Waals surface area (Å²) in [5.41, 5.74) is -0.0458. The lowest BCUT2D eigenvalue weighted by Gasteiger charge is -2.11. The van der Waals surface area contributed by atoms with Gasteiger partial charge in [0.25, 0.3) is 5.91 Å². The maximum atomic E-state index is 12.7. The Balaban J connectivity index is 2.23. The Morgan fingerprint density at radius 2 is 1.96 bits per heavy atom. The number of carbonyl (C=O) groups is 1. The lowest BCUT2D eigenvalue weighted by molar-refractivity contribution is -0.137. The first-order valence-electron chi connectivity index (χ1n) is 7.00. The molecule has 7 heteroatoms. The van der Waals surface area contributed by atoms with Crippen molar-refractivity contribution in [2.24, 2.45) is 0 Å². The summed E-state index contributed by atoms with van der Waals surface area (Å²) in [6, 6.07) is 4.47. The monoisotopic (exact) mass is 323 g/mol. The molecule has 122 valence electrons. The first kappa shape index (κ1) is 16.9. The number of carbonyl (C=O) groups excluding carboxylic acids is 1. The largest absolute Gasteiger partial charge is 0.416 e. The van der Waals surface area contributed by atoms with Crippen molar-refractivity contribution in [2.75, 3.05) is 5.32 Å². The van der Waals surface area contributed by atoms with Crippen LogP contribution < -0.4 is 5.32 Å². The summed E-state index contributed by atoms with van der Waals surface area (Å²) in [6.45, 7) is 5.52. The van der Waals surface area contributed by atoms with Gasteiger partial charge < -0.3 is 5.32 Å². The minimum Gasteiger partial charge on any atom is -0.322 e. The summed E-state index contributed by atoms with van der Waals surface area (Å²) in [7, 11) is 0. The number of nitrogens with zero attached hydrogens (tertiary/aromatic N) is 2. The molecule has 0 unspecified atom stereocenters. The third-order valence-corrected chi connectivity index (χ3v) is 3.21. The highest BCUT2D eigenvalue weighted by Crippen LogP contribution is 2.30. The van der Waals surface area contributed by atoms with Crippen LogP contribution in [0.1, 0.15) is 47.2 Å². The summed E-state index contributed by atoms with van der Waals surface area (Å²) < 4.78 is 38.0. The molecule has 0 aliphatic rings. The Morgan fingerprint density at radius 3 is 2.52 bits per heavy atom. The van der Waals surface area contributed by atoms with Gasteiger partial charge in [0.15, 0.2) is 0 Å². The van der Waals surface area contributed by atoms with Gasteiger partial charge in [-0.15, -0.1) is 0 Å². The zero-order valence-electron chi connectivity index (χ0n) is 12.9. The molecule has 0 spiro atoms. The Labute approximate surface area is 131 Å². The molecule has 23 heavy (non-hydrogen) atoms. The molecule has 1 N–H and O–H groups in total. The van der Waals surface area contributed by atoms with E-state index in [-0.39, 0.29) is 17.2 Å². The van der Waals surface area contributed by atoms with E-state index in [1.807, 2.05) is 13.8 Å². The molecule has 0 saturated heterocycles. The van der Waals surface area contributed by atoms with Gasteiger partial charge in [-0.25, -0.2) is 9.97 Å². The van der Waals surface area contributed by atoms with Crippen LogP contribution in [0.4, 0.5) is 18.9 Å². The predicted molar refractivity (Wildman–Crippen MR) is 80.3 cm³/mol. The smallest absolute Gasteiger partial charge is 0.322 e. The lowest BCUT2D eigenvalue weighted by atomic mass is 10.1. The first-order valence-corrected chi connectivity index (χ1v) is 7.00. The van der Waals surface area contributed by atoms with Gasteiger partial charge in [0.2, 0.25) is 0 Å². The summed E-state index contributed by atoms with van der Waals surface area (Å²) in [5.74, 6) is 0.185. The van der Waals surface area contributed by atoms with Crippen LogP contribution in [0.3, 0.4) is 0 Å². The predicted octanol–water partition coefficient (Wildman–Crippen LogP) is 4.18. The first-order chi connectivity index (χ1) is 10.7. The number of alkyl halides is 3. The average molecular weight is 323 g/mol. The highest BCUT2D eigenvalue weighted by atomic mass is 19.4. The Morgan fingerprint density at radius 1 is 1.26 bits per heavy atom. The van der Waals surface area contributed by atoms with Crippen LogP contribution in [0.2, 0.25) is 0 Å². The third kappa shape index (κ3) is 4.06. The van der Waals surface area contributed by atoms with E-state index >= 15 is 0 Å². The van der Waals surface area contributed by atoms with Crippen LogP contribution in [0.5, 0.6) is 0 Å². The average Bonchev–Trinajstić information content (AvgIpc) is 2.46. The topological polar surface area (TPSA) is 54.9 Å². The SMILES string of the molecule is Cc1nc(C(C)C)ncc1C(=O)Nc1cccc(C(F)(F)F)c1. The number of halogens is 3. The second-order valence-corrected chi connectivity index (χ2v) is 5.41. The number of hydrogen-bond acceptors (Lipinski definition) is 3. The van der Waals surface area contributed by atoms with Crippen molar-refractivity contribution in [1.82, 2.24) is 9.97 Å². The lowest BCUT2D eigenvalue weighted by Crippen LogP contribution is -2.16. The molecular weight excluding hydrogens is 307 g/mol. The van der Waals surface area contributed by atoms with E-state index in [9.17, 15) is 18.0 Å². The minimum absolute atomic E-state index is 0.0668. The van der Waals surface area contributed by atoms with Crippen LogP contribution in [0.15, 0.2) is 30.5 Å². The van der Waals surface area contributed by atoms with Gasteiger partial charge in [-0.05, 0) is 25.1 Å². The van der Waals surface area contributed by atoms with Gasteiger partial charge in [-0.2, -0.15) is 13.2 Å². The fourth-order valence-corrected chi connectivity index (χ4v) is 1.96. The molecule has 0 aliphatic heterocycles. The summed E-state index contributed by atoms with van der Waals surface area (Å²) in [5, 5.41) is 2.44. The highest BCUT2D eigenvalue weighted by molar-refractivity contribution is 6.04. The van der Waals surface area contributed by atoms with Gasteiger partial charge in [0.1, 0.15) is 5.82 Å². The van der Waals surface area contributed by atoms with E-state index in [2.05, 4.69) is 15.3 Å². The van der Waals surface area contributed by atoms with E-state index in [1.54, 1.807) is 6.92 Å². The normalized spacial score (nSPS) is 11.6. The molecule has 0 aliphatic carbocycles. The van der Waals surface area contributed by atoms with Gasteiger partial charge in [0, 0.05) is 17.8 Å². The summed E-state index contributed by atoms with van der Waals surface area (Å²) in [4.78, 5) is 20.6. The maximum Gasteiger partial charge on any atom is 0.416 e. The molecule has 1 aromatic carbocycles. The summed E-state index contributed by atoms with van der Waals surface area (Å²) >= 11 is 0. The number of aromatic nitrogens is 2. The molecule has 0 atom stereocenters. The zero-order chi connectivity index (χ0) is 17.2. The van der Waals surface area contributed by atoms with Crippen molar-refractivity contribution in [3.63, 3.8) is 0 Å². The number of nitrogens with one attached hydrogen (secondary N) is 1. The quantitative estimate of drug-likeness (QED) is 0.922. The van der Waals surface area contributed by atoms with E-state index in [0.717, 1.165) is 12.1 Å². The van der Waals surface area contributed by atoms with E-state index in [4.69, 9.17) is 0 Å². The molecular formula is C16H16F3N3O. The van der Waals surface area contributed by atoms with E-state index in [0.29, 0.717) is 11.5 Å². The number of benzene rings is 1. The Hall–Kier alpha value is -2.44. The standard InChI is InChI=1S/C16H16F3N3O/c1-9(2)14-20-8-13(10(3)21-14)15(23)22-12-6-4-5-11(7-12)16(17,18)19/h4-9H,1-3H3,(H,22,23). The number of rotatable bonds is 3. The second-order valence-electron chi connectivity index (χ2n) is 5.41. The van der Waals surface area contributed by atoms with Crippen molar-refractivity contribution in [3.05, 3.63) is 53.1 Å². The van der Waals surface area contributed by atoms with Gasteiger partial charge in [-0.3, -0.25) is 4.79 Å². The number of amides is 1. The molecule has 2 aromatic rings. The van der Waals surface area contributed by atoms with Gasteiger partial charge >= 0.3 is 6.18 Å². The molecule has 1 heterocycles. The van der Waals surface area contributed by atoms with Crippen LogP contribution in [0.25, 0.3) is 0 Å². The second kappa shape index (κ2) is 6.36. The van der Waals surface area contributed by atoms with Crippen molar-refractivity contribution >= 4 is 11.6 Å². The van der Waals surface area contributed by atoms with Crippen molar-refractivity contribution in [3.8, 4) is 0 Å². The molecule has 4 nitrogen and oxygen atoms in total. The number of hydrogen-bond donors (Lipinski definition) is 1. The molecule has 2 rings (SSSR count). The molecule has 0 saturated carbocycles. The van der Waals surface area contributed by atoms with Crippen molar-refractivity contribution in [1.29, 1.82) is 0 Å².